The Labute approximate surface area is 157 Å². The Balaban J connectivity index is 2.46. The van der Waals surface area contributed by atoms with Gasteiger partial charge in [-0.3, -0.25) is 14.9 Å². The number of nitrogens with zero attached hydrogens (tertiary/aromatic N) is 1. The zero-order chi connectivity index (χ0) is 19.5. The van der Waals surface area contributed by atoms with Gasteiger partial charge in [-0.05, 0) is 32.8 Å². The maximum absolute atomic E-state index is 12.9. The zero-order valence-corrected chi connectivity index (χ0v) is 16.2. The number of likely N-dealkylation sites (N-methyl/N-ethyl adjacent to an activating group) is 1. The van der Waals surface area contributed by atoms with Crippen molar-refractivity contribution >= 4 is 33.2 Å². The number of hydrogen-bond acceptors (Lipinski definition) is 5. The molecule has 1 amide bonds. The highest BCUT2D eigenvalue weighted by atomic mass is 35.5. The van der Waals surface area contributed by atoms with Crippen LogP contribution in [0.15, 0.2) is 17.0 Å². The second kappa shape index (κ2) is 7.89. The van der Waals surface area contributed by atoms with Crippen molar-refractivity contribution in [2.45, 2.75) is 56.4 Å². The third kappa shape index (κ3) is 4.16. The Morgan fingerprint density at radius 2 is 1.92 bits per heavy atom. The Morgan fingerprint density at radius 1 is 1.31 bits per heavy atom. The van der Waals surface area contributed by atoms with Gasteiger partial charge in [0.05, 0.1) is 14.8 Å². The number of benzene rings is 1. The molecule has 26 heavy (non-hydrogen) atoms. The summed E-state index contributed by atoms with van der Waals surface area (Å²) in [6.07, 6.45) is 3.10. The number of carbonyl (C=O) groups is 1. The molecule has 1 fully saturated rings. The summed E-state index contributed by atoms with van der Waals surface area (Å²) in [6.45, 7) is 3.58. The number of amides is 1. The lowest BCUT2D eigenvalue weighted by Gasteiger charge is -2.36. The molecule has 8 nitrogen and oxygen atoms in total. The van der Waals surface area contributed by atoms with Crippen LogP contribution in [0.5, 0.6) is 0 Å². The summed E-state index contributed by atoms with van der Waals surface area (Å²) in [7, 11) is -4.18. The fourth-order valence-corrected chi connectivity index (χ4v) is 4.91. The quantitative estimate of drug-likeness (QED) is 0.559. The van der Waals surface area contributed by atoms with Gasteiger partial charge in [0.25, 0.3) is 5.69 Å². The van der Waals surface area contributed by atoms with Crippen LogP contribution in [0.4, 0.5) is 5.69 Å². The van der Waals surface area contributed by atoms with E-state index in [0.29, 0.717) is 32.2 Å². The molecule has 1 aliphatic rings. The summed E-state index contributed by atoms with van der Waals surface area (Å²) in [5.41, 5.74) is -1.44. The van der Waals surface area contributed by atoms with E-state index in [1.54, 1.807) is 6.92 Å². The highest BCUT2D eigenvalue weighted by Gasteiger charge is 2.43. The Hall–Kier alpha value is -1.71. The first-order valence-corrected chi connectivity index (χ1v) is 10.3. The lowest BCUT2D eigenvalue weighted by atomic mass is 9.82. The zero-order valence-electron chi connectivity index (χ0n) is 14.7. The molecule has 0 bridgehead atoms. The van der Waals surface area contributed by atoms with Gasteiger partial charge in [-0.25, -0.2) is 8.42 Å². The minimum absolute atomic E-state index is 0.0183. The van der Waals surface area contributed by atoms with Gasteiger partial charge in [-0.2, -0.15) is 4.72 Å². The van der Waals surface area contributed by atoms with Crippen molar-refractivity contribution in [3.05, 3.63) is 32.8 Å². The number of sulfonamides is 1. The molecule has 0 saturated heterocycles. The Bertz CT molecular complexity index is 819. The van der Waals surface area contributed by atoms with Gasteiger partial charge < -0.3 is 5.32 Å². The van der Waals surface area contributed by atoms with Crippen LogP contribution < -0.4 is 10.0 Å². The van der Waals surface area contributed by atoms with E-state index >= 15 is 0 Å². The Morgan fingerprint density at radius 3 is 2.46 bits per heavy atom. The lowest BCUT2D eigenvalue weighted by molar-refractivity contribution is -0.385. The smallest absolute Gasteiger partial charge is 0.275 e. The first kappa shape index (κ1) is 20.6. The van der Waals surface area contributed by atoms with E-state index in [2.05, 4.69) is 10.0 Å². The van der Waals surface area contributed by atoms with Gasteiger partial charge in [-0.15, -0.1) is 0 Å². The summed E-state index contributed by atoms with van der Waals surface area (Å²) in [5, 5.41) is 13.8. The van der Waals surface area contributed by atoms with E-state index in [9.17, 15) is 23.3 Å². The maximum atomic E-state index is 12.9. The van der Waals surface area contributed by atoms with Gasteiger partial charge >= 0.3 is 0 Å². The number of nitrogens with one attached hydrogen (secondary N) is 2. The molecule has 144 valence electrons. The van der Waals surface area contributed by atoms with Crippen molar-refractivity contribution in [1.82, 2.24) is 10.0 Å². The molecular weight excluding hydrogens is 382 g/mol. The molecule has 1 aliphatic carbocycles. The van der Waals surface area contributed by atoms with Crippen LogP contribution in [0.3, 0.4) is 0 Å². The number of rotatable bonds is 6. The molecule has 1 aromatic carbocycles. The first-order chi connectivity index (χ1) is 12.1. The highest BCUT2D eigenvalue weighted by Crippen LogP contribution is 2.33. The molecule has 10 heteroatoms. The van der Waals surface area contributed by atoms with E-state index < -0.39 is 20.5 Å². The molecule has 0 spiro atoms. The summed E-state index contributed by atoms with van der Waals surface area (Å²) in [6, 6.07) is 2.14. The minimum atomic E-state index is -4.18. The van der Waals surface area contributed by atoms with E-state index in [4.69, 9.17) is 11.6 Å². The molecule has 0 unspecified atom stereocenters. The molecule has 2 rings (SSSR count). The molecule has 1 aromatic rings. The van der Waals surface area contributed by atoms with Crippen molar-refractivity contribution < 1.29 is 18.1 Å². The summed E-state index contributed by atoms with van der Waals surface area (Å²) in [5.74, 6) is -0.379. The van der Waals surface area contributed by atoms with Crippen molar-refractivity contribution in [3.8, 4) is 0 Å². The third-order valence-corrected chi connectivity index (χ3v) is 6.51. The lowest BCUT2D eigenvalue weighted by Crippen LogP contribution is -2.59. The topological polar surface area (TPSA) is 118 Å². The largest absolute Gasteiger partial charge is 0.355 e. The fraction of sp³-hybridized carbons (Fsp3) is 0.562. The predicted octanol–water partition coefficient (Wildman–Crippen LogP) is 2.67. The predicted molar refractivity (Wildman–Crippen MR) is 97.7 cm³/mol. The van der Waals surface area contributed by atoms with Crippen LogP contribution in [0.25, 0.3) is 0 Å². The van der Waals surface area contributed by atoms with Gasteiger partial charge in [-0.1, -0.05) is 30.9 Å². The van der Waals surface area contributed by atoms with Crippen molar-refractivity contribution in [3.63, 3.8) is 0 Å². The molecule has 0 aliphatic heterocycles. The molecule has 0 atom stereocenters. The summed E-state index contributed by atoms with van der Waals surface area (Å²) in [4.78, 5) is 22.7. The average Bonchev–Trinajstić information content (AvgIpc) is 2.57. The first-order valence-electron chi connectivity index (χ1n) is 8.40. The number of nitro groups is 1. The van der Waals surface area contributed by atoms with Gasteiger partial charge in [0.15, 0.2) is 0 Å². The third-order valence-electron chi connectivity index (χ3n) is 4.61. The van der Waals surface area contributed by atoms with Gasteiger partial charge in [0.1, 0.15) is 5.54 Å². The van der Waals surface area contributed by atoms with Crippen LogP contribution in [0.1, 0.15) is 44.6 Å². The van der Waals surface area contributed by atoms with Crippen LogP contribution >= 0.6 is 11.6 Å². The summed E-state index contributed by atoms with van der Waals surface area (Å²) < 4.78 is 28.3. The molecule has 2 N–H and O–H groups in total. The SMILES string of the molecule is CCNC(=O)C1(NS(=O)(=O)c2cc(Cl)c(C)c([N+](=O)[O-])c2)CCCCC1. The fourth-order valence-electron chi connectivity index (χ4n) is 3.16. The normalized spacial score (nSPS) is 16.9. The van der Waals surface area contributed by atoms with E-state index in [-0.39, 0.29) is 27.1 Å². The van der Waals surface area contributed by atoms with Gasteiger partial charge in [0.2, 0.25) is 15.9 Å². The number of nitro benzene ring substituents is 1. The minimum Gasteiger partial charge on any atom is -0.355 e. The highest BCUT2D eigenvalue weighted by molar-refractivity contribution is 7.89. The van der Waals surface area contributed by atoms with Crippen molar-refractivity contribution in [1.29, 1.82) is 0 Å². The average molecular weight is 404 g/mol. The van der Waals surface area contributed by atoms with E-state index in [0.717, 1.165) is 12.5 Å². The van der Waals surface area contributed by atoms with Crippen molar-refractivity contribution in [2.24, 2.45) is 0 Å². The number of halogens is 1. The second-order valence-electron chi connectivity index (χ2n) is 6.41. The Kier molecular flexibility index (Phi) is 6.25. The number of carbonyl (C=O) groups excluding carboxylic acids is 1. The second-order valence-corrected chi connectivity index (χ2v) is 8.50. The molecule has 0 aromatic heterocycles. The van der Waals surface area contributed by atoms with Crippen LogP contribution in [-0.2, 0) is 14.8 Å². The standard InChI is InChI=1S/C16H22ClN3O5S/c1-3-18-15(21)16(7-5-4-6-8-16)19-26(24,25)12-9-13(17)11(2)14(10-12)20(22)23/h9-10,19H,3-8H2,1-2H3,(H,18,21). The molecule has 1 saturated carbocycles. The number of hydrogen-bond donors (Lipinski definition) is 2. The van der Waals surface area contributed by atoms with Crippen molar-refractivity contribution in [2.75, 3.05) is 6.54 Å². The monoisotopic (exact) mass is 403 g/mol. The molecule has 0 heterocycles. The van der Waals surface area contributed by atoms with Crippen LogP contribution in [-0.4, -0.2) is 31.3 Å². The van der Waals surface area contributed by atoms with Crippen LogP contribution in [0.2, 0.25) is 5.02 Å². The maximum Gasteiger partial charge on any atom is 0.275 e. The van der Waals surface area contributed by atoms with E-state index in [1.165, 1.54) is 13.0 Å². The molecular formula is C16H22ClN3O5S. The van der Waals surface area contributed by atoms with Crippen LogP contribution in [0, 0.1) is 17.0 Å². The molecule has 0 radical (unpaired) electrons. The summed E-state index contributed by atoms with van der Waals surface area (Å²) >= 11 is 5.98. The van der Waals surface area contributed by atoms with Gasteiger partial charge in [0, 0.05) is 18.2 Å². The van der Waals surface area contributed by atoms with E-state index in [1.807, 2.05) is 0 Å².